The van der Waals surface area contributed by atoms with Crippen LogP contribution in [0, 0.1) is 0 Å². The molecule has 0 spiro atoms. The lowest BCUT2D eigenvalue weighted by Gasteiger charge is -2.34. The van der Waals surface area contributed by atoms with E-state index >= 15 is 0 Å². The lowest BCUT2D eigenvalue weighted by molar-refractivity contribution is 0.787. The normalized spacial score (nSPS) is 13.5. The van der Waals surface area contributed by atoms with E-state index in [0.717, 1.165) is 40.5 Å². The van der Waals surface area contributed by atoms with Crippen LogP contribution in [0.5, 0.6) is 0 Å². The van der Waals surface area contributed by atoms with E-state index in [1.54, 1.807) is 0 Å². The summed E-state index contributed by atoms with van der Waals surface area (Å²) in [6.45, 7) is 0. The number of hydrogen-bond donors (Lipinski definition) is 0. The summed E-state index contributed by atoms with van der Waals surface area (Å²) in [7, 11) is 0. The number of hydrogen-bond acceptors (Lipinski definition) is 2. The van der Waals surface area contributed by atoms with E-state index in [1.165, 1.54) is 71.6 Å². The first-order valence-corrected chi connectivity index (χ1v) is 24.2. The minimum atomic E-state index is 0.127. The molecule has 10 aromatic carbocycles. The number of allylic oxidation sites excluding steroid dienone is 2. The van der Waals surface area contributed by atoms with Crippen molar-refractivity contribution in [2.45, 2.75) is 12.5 Å². The molecule has 0 saturated heterocycles. The first kappa shape index (κ1) is 41.1. The Morgan fingerprint density at radius 1 is 0.329 bits per heavy atom. The maximum atomic E-state index is 2.47. The summed E-state index contributed by atoms with van der Waals surface area (Å²) in [6, 6.07) is 92.3. The molecule has 1 aliphatic carbocycles. The second-order valence-corrected chi connectivity index (χ2v) is 18.1. The Labute approximate surface area is 408 Å². The van der Waals surface area contributed by atoms with E-state index in [4.69, 9.17) is 0 Å². The molecule has 0 fully saturated rings. The van der Waals surface area contributed by atoms with E-state index in [2.05, 4.69) is 292 Å². The van der Waals surface area contributed by atoms with Crippen LogP contribution >= 0.6 is 0 Å². The Morgan fingerprint density at radius 3 is 1.27 bits per heavy atom. The number of anilines is 5. The highest BCUT2D eigenvalue weighted by molar-refractivity contribution is 6.11. The van der Waals surface area contributed by atoms with E-state index in [0.29, 0.717) is 0 Å². The van der Waals surface area contributed by atoms with E-state index in [-0.39, 0.29) is 6.04 Å². The van der Waals surface area contributed by atoms with Crippen molar-refractivity contribution in [1.82, 2.24) is 9.13 Å². The third kappa shape index (κ3) is 7.26. The van der Waals surface area contributed by atoms with Gasteiger partial charge in [0.2, 0.25) is 0 Å². The molecule has 0 saturated carbocycles. The third-order valence-electron chi connectivity index (χ3n) is 14.0. The molecule has 0 N–H and O–H groups in total. The smallest absolute Gasteiger partial charge is 0.0560 e. The Morgan fingerprint density at radius 2 is 0.729 bits per heavy atom. The molecular weight excluding hydrogens is 849 g/mol. The fraction of sp³-hybridized carbons (Fsp3) is 0.0303. The van der Waals surface area contributed by atoms with Gasteiger partial charge in [0.15, 0.2) is 0 Å². The summed E-state index contributed by atoms with van der Waals surface area (Å²) in [5.74, 6) is 0. The molecule has 2 aromatic heterocycles. The molecule has 12 aromatic rings. The Kier molecular flexibility index (Phi) is 10.3. The van der Waals surface area contributed by atoms with Gasteiger partial charge in [0.25, 0.3) is 0 Å². The van der Waals surface area contributed by atoms with Crippen LogP contribution in [0.15, 0.2) is 273 Å². The third-order valence-corrected chi connectivity index (χ3v) is 14.0. The standard InChI is InChI=1S/C66H48N4/c1-5-17-51(18-6-1)67(55-35-29-47(30-36-55)49-33-43-61-59-25-13-15-27-63(59)69(65(61)45-49)53-21-9-3-10-22-53)57-39-41-58(42-40-57)68(52-19-7-2-8-20-52)56-37-31-48(32-38-56)50-34-44-62-60-26-14-16-28-64(60)70(66(62)46-50)54-23-11-4-12-24-54/h1-37,39-46,56H,38H2. The second-order valence-electron chi connectivity index (χ2n) is 18.1. The van der Waals surface area contributed by atoms with Crippen molar-refractivity contribution >= 4 is 77.6 Å². The van der Waals surface area contributed by atoms with Gasteiger partial charge in [0.1, 0.15) is 0 Å². The van der Waals surface area contributed by atoms with E-state index in [1.807, 2.05) is 0 Å². The van der Waals surface area contributed by atoms with Crippen LogP contribution in [0.25, 0.3) is 71.7 Å². The molecule has 70 heavy (non-hydrogen) atoms. The van der Waals surface area contributed by atoms with Crippen LogP contribution in [0.4, 0.5) is 28.4 Å². The average molecular weight is 897 g/mol. The second kappa shape index (κ2) is 17.5. The number of benzene rings is 10. The molecule has 13 rings (SSSR count). The van der Waals surface area contributed by atoms with Gasteiger partial charge in [-0.05, 0) is 138 Å². The van der Waals surface area contributed by atoms with Gasteiger partial charge < -0.3 is 18.9 Å². The molecule has 2 heterocycles. The summed E-state index contributed by atoms with van der Waals surface area (Å²) >= 11 is 0. The Balaban J connectivity index is 0.811. The monoisotopic (exact) mass is 896 g/mol. The van der Waals surface area contributed by atoms with E-state index < -0.39 is 0 Å². The molecule has 0 aliphatic heterocycles. The van der Waals surface area contributed by atoms with Gasteiger partial charge in [-0.1, -0.05) is 164 Å². The zero-order valence-corrected chi connectivity index (χ0v) is 38.6. The molecule has 1 unspecified atom stereocenters. The molecule has 1 aliphatic rings. The largest absolute Gasteiger partial charge is 0.334 e. The van der Waals surface area contributed by atoms with Crippen molar-refractivity contribution < 1.29 is 0 Å². The van der Waals surface area contributed by atoms with Crippen molar-refractivity contribution in [3.05, 3.63) is 279 Å². The number of fused-ring (bicyclic) bond motifs is 6. The molecule has 332 valence electrons. The van der Waals surface area contributed by atoms with Gasteiger partial charge in [-0.25, -0.2) is 0 Å². The van der Waals surface area contributed by atoms with Crippen molar-refractivity contribution in [2.24, 2.45) is 0 Å². The molecule has 0 radical (unpaired) electrons. The highest BCUT2D eigenvalue weighted by Gasteiger charge is 2.23. The van der Waals surface area contributed by atoms with Crippen LogP contribution in [0.1, 0.15) is 12.0 Å². The lowest BCUT2D eigenvalue weighted by Crippen LogP contribution is -2.30. The zero-order chi connectivity index (χ0) is 46.4. The maximum Gasteiger partial charge on any atom is 0.0560 e. The Hall–Kier alpha value is -9.12. The number of nitrogens with zero attached hydrogens (tertiary/aromatic N) is 4. The van der Waals surface area contributed by atoms with Gasteiger partial charge >= 0.3 is 0 Å². The molecule has 4 nitrogen and oxygen atoms in total. The summed E-state index contributed by atoms with van der Waals surface area (Å²) in [5, 5.41) is 5.04. The topological polar surface area (TPSA) is 16.3 Å². The minimum Gasteiger partial charge on any atom is -0.334 e. The van der Waals surface area contributed by atoms with Crippen LogP contribution in [0.2, 0.25) is 0 Å². The first-order chi connectivity index (χ1) is 34.7. The molecule has 1 atom stereocenters. The van der Waals surface area contributed by atoms with Gasteiger partial charge in [-0.15, -0.1) is 0 Å². The predicted molar refractivity (Wildman–Crippen MR) is 296 cm³/mol. The Bertz CT molecular complexity index is 3890. The highest BCUT2D eigenvalue weighted by Crippen LogP contribution is 2.41. The van der Waals surface area contributed by atoms with Crippen molar-refractivity contribution in [1.29, 1.82) is 0 Å². The fourth-order valence-electron chi connectivity index (χ4n) is 10.7. The molecule has 4 heteroatoms. The van der Waals surface area contributed by atoms with Crippen molar-refractivity contribution in [3.63, 3.8) is 0 Å². The average Bonchev–Trinajstić information content (AvgIpc) is 3.95. The van der Waals surface area contributed by atoms with Crippen molar-refractivity contribution in [2.75, 3.05) is 9.80 Å². The minimum absolute atomic E-state index is 0.127. The molecule has 0 bridgehead atoms. The lowest BCUT2D eigenvalue weighted by atomic mass is 9.95. The van der Waals surface area contributed by atoms with Crippen LogP contribution in [0.3, 0.4) is 0 Å². The summed E-state index contributed by atoms with van der Waals surface area (Å²) < 4.78 is 4.78. The number of aromatic nitrogens is 2. The zero-order valence-electron chi connectivity index (χ0n) is 38.6. The SMILES string of the molecule is C1=CC(N(c2ccccc2)c2ccc(N(c3ccccc3)c3ccc(-c4ccc5c6ccccc6n(-c6ccccc6)c5c4)cc3)cc2)CC=C1c1ccc2c3ccccc3n(-c3ccccc3)c2c1. The quantitative estimate of drug-likeness (QED) is 0.136. The van der Waals surface area contributed by atoms with Gasteiger partial charge in [0.05, 0.1) is 28.1 Å². The van der Waals surface area contributed by atoms with Crippen LogP contribution in [-0.4, -0.2) is 15.2 Å². The van der Waals surface area contributed by atoms with E-state index in [9.17, 15) is 0 Å². The van der Waals surface area contributed by atoms with Gasteiger partial charge in [0, 0.05) is 61.4 Å². The summed E-state index contributed by atoms with van der Waals surface area (Å²) in [6.07, 6.45) is 7.97. The maximum absolute atomic E-state index is 2.47. The molecular formula is C66H48N4. The van der Waals surface area contributed by atoms with Gasteiger partial charge in [-0.2, -0.15) is 0 Å². The van der Waals surface area contributed by atoms with Gasteiger partial charge in [-0.3, -0.25) is 0 Å². The first-order valence-electron chi connectivity index (χ1n) is 24.2. The molecule has 0 amide bonds. The van der Waals surface area contributed by atoms with Crippen molar-refractivity contribution in [3.8, 4) is 22.5 Å². The summed E-state index contributed by atoms with van der Waals surface area (Å²) in [4.78, 5) is 4.82. The summed E-state index contributed by atoms with van der Waals surface area (Å²) in [5.41, 5.74) is 17.6. The van der Waals surface area contributed by atoms with Crippen LogP contribution < -0.4 is 9.80 Å². The highest BCUT2D eigenvalue weighted by atomic mass is 15.2. The predicted octanol–water partition coefficient (Wildman–Crippen LogP) is 17.6. The fourth-order valence-corrected chi connectivity index (χ4v) is 10.7. The van der Waals surface area contributed by atoms with Crippen LogP contribution in [-0.2, 0) is 0 Å². The number of para-hydroxylation sites is 6. The number of rotatable bonds is 10.